The number of carbonyl (C=O) groups excluding carboxylic acids is 1. The largest absolute Gasteiger partial charge is 0.430 e. The average Bonchev–Trinajstić information content (AvgIpc) is 2.74. The molecule has 0 aliphatic carbocycles. The molecular weight excluding hydrogens is 264 g/mol. The number of esters is 1. The van der Waals surface area contributed by atoms with Gasteiger partial charge in [-0.25, -0.2) is 0 Å². The van der Waals surface area contributed by atoms with Gasteiger partial charge in [0.15, 0.2) is 0 Å². The van der Waals surface area contributed by atoms with Gasteiger partial charge in [-0.05, 0) is 24.5 Å². The van der Waals surface area contributed by atoms with Crippen molar-refractivity contribution >= 4 is 17.5 Å². The maximum Gasteiger partial charge on any atom is 0.311 e. The van der Waals surface area contributed by atoms with Gasteiger partial charge < -0.3 is 9.47 Å². The van der Waals surface area contributed by atoms with Crippen molar-refractivity contribution in [2.24, 2.45) is 0 Å². The van der Waals surface area contributed by atoms with E-state index in [4.69, 9.17) is 9.47 Å². The van der Waals surface area contributed by atoms with Crippen LogP contribution in [0.1, 0.15) is 30.7 Å². The summed E-state index contributed by atoms with van der Waals surface area (Å²) in [7, 11) is 0. The van der Waals surface area contributed by atoms with Gasteiger partial charge in [0.05, 0.1) is 6.42 Å². The summed E-state index contributed by atoms with van der Waals surface area (Å²) in [5, 5.41) is 0.479. The van der Waals surface area contributed by atoms with E-state index in [-0.39, 0.29) is 11.9 Å². The van der Waals surface area contributed by atoms with Crippen LogP contribution in [0.3, 0.4) is 0 Å². The standard InChI is InChI=1S/C13H12N2O3S/c1-7-5-12(16)18-11-6-9(3-4-10(7)11)17-13-14-8(2)15-19-13/h3-4,6-7H,5H2,1-2H3. The summed E-state index contributed by atoms with van der Waals surface area (Å²) < 4.78 is 14.9. The van der Waals surface area contributed by atoms with Crippen LogP contribution in [0.25, 0.3) is 0 Å². The minimum Gasteiger partial charge on any atom is -0.430 e. The fourth-order valence-corrected chi connectivity index (χ4v) is 2.58. The van der Waals surface area contributed by atoms with E-state index < -0.39 is 0 Å². The summed E-state index contributed by atoms with van der Waals surface area (Å²) in [5.41, 5.74) is 1.03. The second-order valence-corrected chi connectivity index (χ2v) is 5.20. The number of aromatic nitrogens is 2. The molecule has 3 rings (SSSR count). The van der Waals surface area contributed by atoms with Crippen molar-refractivity contribution in [1.82, 2.24) is 9.36 Å². The maximum absolute atomic E-state index is 11.4. The summed E-state index contributed by atoms with van der Waals surface area (Å²) in [6, 6.07) is 5.50. The molecule has 0 spiro atoms. The summed E-state index contributed by atoms with van der Waals surface area (Å²) in [6.07, 6.45) is 0.419. The minimum atomic E-state index is -0.205. The molecule has 2 heterocycles. The molecule has 5 nitrogen and oxygen atoms in total. The maximum atomic E-state index is 11.4. The van der Waals surface area contributed by atoms with Gasteiger partial charge in [-0.1, -0.05) is 13.0 Å². The van der Waals surface area contributed by atoms with E-state index in [9.17, 15) is 4.79 Å². The molecule has 1 aromatic carbocycles. The first-order valence-corrected chi connectivity index (χ1v) is 6.72. The molecule has 19 heavy (non-hydrogen) atoms. The highest BCUT2D eigenvalue weighted by Crippen LogP contribution is 2.37. The van der Waals surface area contributed by atoms with E-state index in [1.807, 2.05) is 19.1 Å². The number of fused-ring (bicyclic) bond motifs is 1. The summed E-state index contributed by atoms with van der Waals surface area (Å²) in [6.45, 7) is 3.81. The first-order chi connectivity index (χ1) is 9.11. The molecule has 1 aliphatic heterocycles. The van der Waals surface area contributed by atoms with Crippen molar-refractivity contribution in [2.45, 2.75) is 26.2 Å². The van der Waals surface area contributed by atoms with Crippen molar-refractivity contribution in [3.05, 3.63) is 29.6 Å². The minimum absolute atomic E-state index is 0.175. The molecular formula is C13H12N2O3S. The molecule has 1 unspecified atom stereocenters. The van der Waals surface area contributed by atoms with Crippen molar-refractivity contribution in [2.75, 3.05) is 0 Å². The van der Waals surface area contributed by atoms with Gasteiger partial charge in [0.25, 0.3) is 5.19 Å². The first-order valence-electron chi connectivity index (χ1n) is 5.94. The Morgan fingerprint density at radius 2 is 2.32 bits per heavy atom. The van der Waals surface area contributed by atoms with Gasteiger partial charge >= 0.3 is 5.97 Å². The first kappa shape index (κ1) is 12.1. The quantitative estimate of drug-likeness (QED) is 0.623. The van der Waals surface area contributed by atoms with E-state index in [1.54, 1.807) is 13.0 Å². The van der Waals surface area contributed by atoms with Crippen molar-refractivity contribution in [3.8, 4) is 16.7 Å². The molecule has 0 amide bonds. The number of nitrogens with zero attached hydrogens (tertiary/aromatic N) is 2. The van der Waals surface area contributed by atoms with Crippen LogP contribution < -0.4 is 9.47 Å². The van der Waals surface area contributed by atoms with Crippen LogP contribution in [0.15, 0.2) is 18.2 Å². The van der Waals surface area contributed by atoms with E-state index >= 15 is 0 Å². The number of ether oxygens (including phenoxy) is 2. The number of hydrogen-bond acceptors (Lipinski definition) is 6. The monoisotopic (exact) mass is 276 g/mol. The molecule has 6 heteroatoms. The number of hydrogen-bond donors (Lipinski definition) is 0. The number of aryl methyl sites for hydroxylation is 1. The predicted octanol–water partition coefficient (Wildman–Crippen LogP) is 3.05. The van der Waals surface area contributed by atoms with Crippen LogP contribution >= 0.6 is 11.5 Å². The number of rotatable bonds is 2. The lowest BCUT2D eigenvalue weighted by molar-refractivity contribution is -0.135. The van der Waals surface area contributed by atoms with Crippen LogP contribution in [0.5, 0.6) is 16.7 Å². The molecule has 0 bridgehead atoms. The fourth-order valence-electron chi connectivity index (χ4n) is 2.02. The third-order valence-electron chi connectivity index (χ3n) is 2.93. The average molecular weight is 276 g/mol. The Labute approximate surface area is 114 Å². The number of benzene rings is 1. The van der Waals surface area contributed by atoms with Crippen LogP contribution in [0, 0.1) is 6.92 Å². The Bertz CT molecular complexity index is 639. The summed E-state index contributed by atoms with van der Waals surface area (Å²) in [4.78, 5) is 15.6. The van der Waals surface area contributed by atoms with Gasteiger partial charge in [0.1, 0.15) is 17.3 Å². The van der Waals surface area contributed by atoms with Crippen LogP contribution in [-0.4, -0.2) is 15.3 Å². The zero-order valence-electron chi connectivity index (χ0n) is 10.5. The third kappa shape index (κ3) is 2.44. The lowest BCUT2D eigenvalue weighted by Gasteiger charge is -2.21. The predicted molar refractivity (Wildman–Crippen MR) is 69.8 cm³/mol. The highest BCUT2D eigenvalue weighted by atomic mass is 32.1. The molecule has 1 aliphatic rings. The lowest BCUT2D eigenvalue weighted by Crippen LogP contribution is -2.18. The van der Waals surface area contributed by atoms with E-state index in [0.717, 1.165) is 5.56 Å². The molecule has 1 aromatic heterocycles. The number of carbonyl (C=O) groups is 1. The molecule has 0 saturated carbocycles. The summed E-state index contributed by atoms with van der Waals surface area (Å²) >= 11 is 1.19. The van der Waals surface area contributed by atoms with E-state index in [1.165, 1.54) is 11.5 Å². The molecule has 2 aromatic rings. The van der Waals surface area contributed by atoms with Crippen LogP contribution in [0.2, 0.25) is 0 Å². The van der Waals surface area contributed by atoms with Crippen molar-refractivity contribution in [3.63, 3.8) is 0 Å². The molecule has 0 fully saturated rings. The smallest absolute Gasteiger partial charge is 0.311 e. The lowest BCUT2D eigenvalue weighted by atomic mass is 9.95. The second-order valence-electron chi connectivity index (χ2n) is 4.49. The zero-order valence-corrected chi connectivity index (χ0v) is 11.4. The van der Waals surface area contributed by atoms with Crippen LogP contribution in [0.4, 0.5) is 0 Å². The van der Waals surface area contributed by atoms with Crippen molar-refractivity contribution in [1.29, 1.82) is 0 Å². The molecule has 0 saturated heterocycles. The van der Waals surface area contributed by atoms with Gasteiger partial charge in [-0.3, -0.25) is 4.79 Å². The topological polar surface area (TPSA) is 61.3 Å². The highest BCUT2D eigenvalue weighted by Gasteiger charge is 2.24. The third-order valence-corrected chi connectivity index (χ3v) is 3.61. The SMILES string of the molecule is Cc1nsc(Oc2ccc3c(c2)OC(=O)CC3C)n1. The normalized spacial score (nSPS) is 17.8. The van der Waals surface area contributed by atoms with Crippen molar-refractivity contribution < 1.29 is 14.3 Å². The van der Waals surface area contributed by atoms with Crippen LogP contribution in [-0.2, 0) is 4.79 Å². The van der Waals surface area contributed by atoms with E-state index in [2.05, 4.69) is 9.36 Å². The highest BCUT2D eigenvalue weighted by molar-refractivity contribution is 7.07. The fraction of sp³-hybridized carbons (Fsp3) is 0.308. The Morgan fingerprint density at radius 3 is 3.05 bits per heavy atom. The summed E-state index contributed by atoms with van der Waals surface area (Å²) in [5.74, 6) is 1.82. The Morgan fingerprint density at radius 1 is 1.47 bits per heavy atom. The Kier molecular flexibility index (Phi) is 2.94. The molecule has 1 atom stereocenters. The Hall–Kier alpha value is -1.95. The second kappa shape index (κ2) is 4.62. The molecule has 0 N–H and O–H groups in total. The van der Waals surface area contributed by atoms with Gasteiger partial charge in [0.2, 0.25) is 0 Å². The zero-order chi connectivity index (χ0) is 13.4. The van der Waals surface area contributed by atoms with E-state index in [0.29, 0.717) is 28.9 Å². The van der Waals surface area contributed by atoms with Gasteiger partial charge in [-0.15, -0.1) is 0 Å². The molecule has 98 valence electrons. The molecule has 0 radical (unpaired) electrons. The Balaban J connectivity index is 1.88. The van der Waals surface area contributed by atoms with Gasteiger partial charge in [-0.2, -0.15) is 9.36 Å². The van der Waals surface area contributed by atoms with Gasteiger partial charge in [0, 0.05) is 17.6 Å².